The first-order valence-corrected chi connectivity index (χ1v) is 23.7. The summed E-state index contributed by atoms with van der Waals surface area (Å²) in [6.45, 7) is 12.2. The van der Waals surface area contributed by atoms with Gasteiger partial charge in [0.25, 0.3) is 0 Å². The molecule has 1 aliphatic heterocycles. The van der Waals surface area contributed by atoms with Gasteiger partial charge in [-0.25, -0.2) is 0 Å². The van der Waals surface area contributed by atoms with Crippen LogP contribution in [-0.4, -0.2) is 88.1 Å². The Kier molecular flexibility index (Phi) is 39.0. The second-order valence-corrected chi connectivity index (χ2v) is 16.4. The van der Waals surface area contributed by atoms with Crippen molar-refractivity contribution >= 4 is 5.97 Å². The number of hydrogen-bond acceptors (Lipinski definition) is 6. The fraction of sp³-hybridized carbons (Fsp3) is 0.896. The molecule has 1 fully saturated rings. The highest BCUT2D eigenvalue weighted by Gasteiger charge is 2.16. The number of unbranched alkanes of at least 4 members (excludes halogenated alkanes) is 24. The van der Waals surface area contributed by atoms with Gasteiger partial charge in [-0.1, -0.05) is 154 Å². The van der Waals surface area contributed by atoms with Gasteiger partial charge in [-0.05, 0) is 84.2 Å². The summed E-state index contributed by atoms with van der Waals surface area (Å²) in [5.41, 5.74) is 0. The molecule has 0 bridgehead atoms. The van der Waals surface area contributed by atoms with E-state index >= 15 is 0 Å². The smallest absolute Gasteiger partial charge is 0.305 e. The van der Waals surface area contributed by atoms with Crippen LogP contribution in [0.4, 0.5) is 0 Å². The van der Waals surface area contributed by atoms with Crippen molar-refractivity contribution in [3.05, 3.63) is 24.3 Å². The standard InChI is InChI=1S/C48H92N2O4/c1-4-6-8-10-12-14-16-18-20-22-24-26-28-30-32-34-43-52-45-47(46-54-48(51)37-36-38-50-41-39-49(3)40-42-50)53-44-35-33-31-29-27-25-23-21-19-17-15-13-11-9-7-5-2/h18-21,47H,4-17,22-46H2,1-3H3. The Bertz CT molecular complexity index is 826. The number of carbonyl (C=O) groups excluding carboxylic acids is 1. The van der Waals surface area contributed by atoms with Gasteiger partial charge in [-0.15, -0.1) is 0 Å². The molecule has 1 unspecified atom stereocenters. The van der Waals surface area contributed by atoms with Crippen molar-refractivity contribution in [1.82, 2.24) is 9.80 Å². The van der Waals surface area contributed by atoms with E-state index in [-0.39, 0.29) is 12.1 Å². The molecule has 1 rings (SSSR count). The van der Waals surface area contributed by atoms with Crippen LogP contribution in [0.2, 0.25) is 0 Å². The molecule has 1 aliphatic rings. The van der Waals surface area contributed by atoms with Crippen LogP contribution in [0, 0.1) is 0 Å². The topological polar surface area (TPSA) is 51.2 Å². The van der Waals surface area contributed by atoms with Crippen LogP contribution in [0.5, 0.6) is 0 Å². The van der Waals surface area contributed by atoms with Crippen molar-refractivity contribution in [3.63, 3.8) is 0 Å². The molecule has 0 aromatic heterocycles. The molecule has 54 heavy (non-hydrogen) atoms. The summed E-state index contributed by atoms with van der Waals surface area (Å²) in [5.74, 6) is -0.108. The van der Waals surface area contributed by atoms with Gasteiger partial charge in [0.2, 0.25) is 0 Å². The van der Waals surface area contributed by atoms with Crippen LogP contribution in [0.3, 0.4) is 0 Å². The van der Waals surface area contributed by atoms with Gasteiger partial charge in [0, 0.05) is 45.8 Å². The van der Waals surface area contributed by atoms with Gasteiger partial charge in [0.15, 0.2) is 0 Å². The van der Waals surface area contributed by atoms with Crippen LogP contribution in [-0.2, 0) is 19.0 Å². The Morgan fingerprint density at radius 2 is 0.944 bits per heavy atom. The SMILES string of the molecule is CCCCCCCCC=CCCCCCCCCOCC(COC(=O)CCCN1CCN(C)CC1)OCCCCCCCCC=CCCCCCCCC. The third-order valence-corrected chi connectivity index (χ3v) is 11.0. The van der Waals surface area contributed by atoms with E-state index < -0.39 is 0 Å². The summed E-state index contributed by atoms with van der Waals surface area (Å²) in [5, 5.41) is 0. The van der Waals surface area contributed by atoms with Gasteiger partial charge >= 0.3 is 5.97 Å². The van der Waals surface area contributed by atoms with Crippen molar-refractivity contribution in [2.75, 3.05) is 66.2 Å². The minimum atomic E-state index is -0.177. The molecule has 0 spiro atoms. The lowest BCUT2D eigenvalue weighted by Crippen LogP contribution is -2.44. The Hall–Kier alpha value is -1.21. The fourth-order valence-electron chi connectivity index (χ4n) is 7.19. The Morgan fingerprint density at radius 3 is 1.43 bits per heavy atom. The minimum absolute atomic E-state index is 0.108. The maximum Gasteiger partial charge on any atom is 0.305 e. The zero-order chi connectivity index (χ0) is 38.8. The lowest BCUT2D eigenvalue weighted by Gasteiger charge is -2.32. The Balaban J connectivity index is 2.14. The molecule has 1 saturated heterocycles. The number of likely N-dealkylation sites (N-methyl/N-ethyl adjacent to an activating group) is 1. The molecular weight excluding hydrogens is 669 g/mol. The molecule has 0 saturated carbocycles. The predicted octanol–water partition coefficient (Wildman–Crippen LogP) is 13.0. The van der Waals surface area contributed by atoms with E-state index in [1.165, 1.54) is 167 Å². The maximum absolute atomic E-state index is 12.6. The molecule has 0 aromatic carbocycles. The lowest BCUT2D eigenvalue weighted by atomic mass is 10.1. The molecule has 1 atom stereocenters. The summed E-state index contributed by atoms with van der Waals surface area (Å²) >= 11 is 0. The Morgan fingerprint density at radius 1 is 0.519 bits per heavy atom. The van der Waals surface area contributed by atoms with E-state index in [1.807, 2.05) is 0 Å². The molecule has 6 heteroatoms. The predicted molar refractivity (Wildman–Crippen MR) is 234 cm³/mol. The quantitative estimate of drug-likeness (QED) is 0.0351. The van der Waals surface area contributed by atoms with E-state index in [0.717, 1.165) is 58.6 Å². The van der Waals surface area contributed by atoms with E-state index in [0.29, 0.717) is 26.2 Å². The molecule has 0 aromatic rings. The first-order chi connectivity index (χ1) is 26.7. The van der Waals surface area contributed by atoms with Crippen molar-refractivity contribution in [2.24, 2.45) is 0 Å². The first kappa shape index (κ1) is 50.8. The summed E-state index contributed by atoms with van der Waals surface area (Å²) in [4.78, 5) is 17.4. The van der Waals surface area contributed by atoms with Crippen LogP contribution >= 0.6 is 0 Å². The number of rotatable bonds is 41. The number of piperazine rings is 1. The first-order valence-electron chi connectivity index (χ1n) is 23.7. The van der Waals surface area contributed by atoms with Crippen molar-refractivity contribution in [1.29, 1.82) is 0 Å². The summed E-state index contributed by atoms with van der Waals surface area (Å²) in [6, 6.07) is 0. The molecule has 0 aliphatic carbocycles. The van der Waals surface area contributed by atoms with Crippen LogP contribution in [0.15, 0.2) is 24.3 Å². The molecule has 0 N–H and O–H groups in total. The van der Waals surface area contributed by atoms with Crippen LogP contribution < -0.4 is 0 Å². The largest absolute Gasteiger partial charge is 0.463 e. The molecule has 0 amide bonds. The Labute approximate surface area is 337 Å². The third kappa shape index (κ3) is 36.4. The molecule has 6 nitrogen and oxygen atoms in total. The third-order valence-electron chi connectivity index (χ3n) is 11.0. The number of nitrogens with zero attached hydrogens (tertiary/aromatic N) is 2. The van der Waals surface area contributed by atoms with Gasteiger partial charge in [0.05, 0.1) is 6.61 Å². The average Bonchev–Trinajstić information content (AvgIpc) is 3.18. The summed E-state index contributed by atoms with van der Waals surface area (Å²) < 4.78 is 18.0. The second kappa shape index (κ2) is 41.4. The average molecular weight is 761 g/mol. The molecule has 0 radical (unpaired) electrons. The van der Waals surface area contributed by atoms with E-state index in [4.69, 9.17) is 14.2 Å². The number of hydrogen-bond donors (Lipinski definition) is 0. The summed E-state index contributed by atoms with van der Waals surface area (Å²) in [6.07, 6.45) is 47.4. The molecule has 318 valence electrons. The van der Waals surface area contributed by atoms with Crippen molar-refractivity contribution < 1.29 is 19.0 Å². The second-order valence-electron chi connectivity index (χ2n) is 16.4. The highest BCUT2D eigenvalue weighted by molar-refractivity contribution is 5.69. The van der Waals surface area contributed by atoms with Crippen molar-refractivity contribution in [3.8, 4) is 0 Å². The lowest BCUT2D eigenvalue weighted by molar-refractivity contribution is -0.150. The monoisotopic (exact) mass is 761 g/mol. The molecular formula is C48H92N2O4. The number of ether oxygens (including phenoxy) is 3. The van der Waals surface area contributed by atoms with Crippen molar-refractivity contribution in [2.45, 2.75) is 213 Å². The van der Waals surface area contributed by atoms with Gasteiger partial charge in [-0.3, -0.25) is 4.79 Å². The number of esters is 1. The normalized spacial score (nSPS) is 14.9. The molecule has 1 heterocycles. The van der Waals surface area contributed by atoms with E-state index in [2.05, 4.69) is 55.0 Å². The minimum Gasteiger partial charge on any atom is -0.463 e. The number of allylic oxidation sites excluding steroid dienone is 4. The summed E-state index contributed by atoms with van der Waals surface area (Å²) in [7, 11) is 2.18. The van der Waals surface area contributed by atoms with Gasteiger partial charge < -0.3 is 24.0 Å². The van der Waals surface area contributed by atoms with E-state index in [9.17, 15) is 4.79 Å². The maximum atomic E-state index is 12.6. The van der Waals surface area contributed by atoms with Crippen LogP contribution in [0.1, 0.15) is 206 Å². The highest BCUT2D eigenvalue weighted by Crippen LogP contribution is 2.13. The zero-order valence-electron chi connectivity index (χ0n) is 36.5. The van der Waals surface area contributed by atoms with E-state index in [1.54, 1.807) is 0 Å². The van der Waals surface area contributed by atoms with Gasteiger partial charge in [-0.2, -0.15) is 0 Å². The fourth-order valence-corrected chi connectivity index (χ4v) is 7.19. The zero-order valence-corrected chi connectivity index (χ0v) is 36.5. The van der Waals surface area contributed by atoms with Gasteiger partial charge in [0.1, 0.15) is 12.7 Å². The van der Waals surface area contributed by atoms with Crippen LogP contribution in [0.25, 0.3) is 0 Å². The highest BCUT2D eigenvalue weighted by atomic mass is 16.6. The number of carbonyl (C=O) groups is 1.